The zero-order chi connectivity index (χ0) is 15.2. The van der Waals surface area contributed by atoms with E-state index in [0.717, 1.165) is 24.1 Å². The van der Waals surface area contributed by atoms with Crippen molar-refractivity contribution < 1.29 is 14.7 Å². The quantitative estimate of drug-likeness (QED) is 0.736. The fourth-order valence-electron chi connectivity index (χ4n) is 2.49. The van der Waals surface area contributed by atoms with E-state index < -0.39 is 18.1 Å². The summed E-state index contributed by atoms with van der Waals surface area (Å²) in [5, 5.41) is 15.0. The number of rotatable bonds is 6. The predicted molar refractivity (Wildman–Crippen MR) is 83.5 cm³/mol. The second-order valence-corrected chi connectivity index (χ2v) is 6.00. The van der Waals surface area contributed by atoms with Gasteiger partial charge in [0.2, 0.25) is 5.91 Å². The summed E-state index contributed by atoms with van der Waals surface area (Å²) in [6.45, 7) is 0.720. The van der Waals surface area contributed by atoms with E-state index in [1.165, 1.54) is 0 Å². The van der Waals surface area contributed by atoms with Crippen molar-refractivity contribution >= 4 is 23.6 Å². The first-order valence-corrected chi connectivity index (χ1v) is 8.36. The smallest absolute Gasteiger partial charge is 0.326 e. The Hall–Kier alpha value is -1.53. The number of fused-ring (bicyclic) bond motifs is 1. The van der Waals surface area contributed by atoms with Gasteiger partial charge in [0.25, 0.3) is 0 Å². The molecule has 1 aromatic carbocycles. The predicted octanol–water partition coefficient (Wildman–Crippen LogP) is 1.20. The van der Waals surface area contributed by atoms with E-state index in [0.29, 0.717) is 12.2 Å². The first-order chi connectivity index (χ1) is 10.1. The van der Waals surface area contributed by atoms with Crippen molar-refractivity contribution in [3.63, 3.8) is 0 Å². The van der Waals surface area contributed by atoms with Gasteiger partial charge in [-0.1, -0.05) is 24.3 Å². The van der Waals surface area contributed by atoms with Crippen molar-refractivity contribution in [1.29, 1.82) is 0 Å². The molecule has 114 valence electrons. The van der Waals surface area contributed by atoms with E-state index in [-0.39, 0.29) is 5.91 Å². The molecule has 1 aliphatic heterocycles. The van der Waals surface area contributed by atoms with Crippen LogP contribution in [-0.2, 0) is 16.0 Å². The summed E-state index contributed by atoms with van der Waals surface area (Å²) >= 11 is 1.57. The molecule has 6 heteroatoms. The van der Waals surface area contributed by atoms with Crippen LogP contribution in [0.5, 0.6) is 0 Å². The molecule has 0 saturated carbocycles. The molecule has 1 aliphatic rings. The fraction of sp³-hybridized carbons (Fsp3) is 0.467. The van der Waals surface area contributed by atoms with Gasteiger partial charge >= 0.3 is 5.97 Å². The van der Waals surface area contributed by atoms with Crippen molar-refractivity contribution in [2.24, 2.45) is 0 Å². The number of benzene rings is 1. The third-order valence-electron chi connectivity index (χ3n) is 3.60. The molecule has 1 unspecified atom stereocenters. The van der Waals surface area contributed by atoms with Crippen LogP contribution in [0, 0.1) is 0 Å². The molecule has 1 heterocycles. The number of aliphatic carboxylic acids is 1. The van der Waals surface area contributed by atoms with E-state index in [4.69, 9.17) is 0 Å². The van der Waals surface area contributed by atoms with Gasteiger partial charge in [0.05, 0.1) is 0 Å². The molecular weight excluding hydrogens is 288 g/mol. The Bertz CT molecular complexity index is 521. The first-order valence-electron chi connectivity index (χ1n) is 6.96. The lowest BCUT2D eigenvalue weighted by Gasteiger charge is -2.27. The Balaban J connectivity index is 2.08. The summed E-state index contributed by atoms with van der Waals surface area (Å²) in [7, 11) is 0. The lowest BCUT2D eigenvalue weighted by atomic mass is 9.93. The van der Waals surface area contributed by atoms with E-state index in [9.17, 15) is 14.7 Å². The number of hydrogen-bond donors (Lipinski definition) is 3. The summed E-state index contributed by atoms with van der Waals surface area (Å²) in [5.41, 5.74) is 2.09. The van der Waals surface area contributed by atoms with Crippen molar-refractivity contribution in [2.45, 2.75) is 24.9 Å². The number of carbonyl (C=O) groups is 2. The number of carbonyl (C=O) groups excluding carboxylic acids is 1. The topological polar surface area (TPSA) is 78.4 Å². The maximum absolute atomic E-state index is 12.4. The zero-order valence-corrected chi connectivity index (χ0v) is 12.8. The van der Waals surface area contributed by atoms with Crippen LogP contribution < -0.4 is 10.6 Å². The minimum atomic E-state index is -0.985. The molecule has 2 rings (SSSR count). The number of hydrogen-bond acceptors (Lipinski definition) is 4. The standard InChI is InChI=1S/C15H20N2O3S/c1-21-9-7-12(15(19)20)17-14(18)13-11-5-3-2-4-10(11)6-8-16-13/h2-5,12-13,16H,6-9H2,1H3,(H,17,18)(H,19,20)/t12-,13?/m1/s1. The first kappa shape index (κ1) is 15.9. The molecule has 0 aliphatic carbocycles. The molecule has 0 saturated heterocycles. The number of carboxylic acids is 1. The van der Waals surface area contributed by atoms with E-state index in [1.807, 2.05) is 30.5 Å². The van der Waals surface area contributed by atoms with Crippen LogP contribution in [0.2, 0.25) is 0 Å². The second kappa shape index (κ2) is 7.47. The molecular formula is C15H20N2O3S. The van der Waals surface area contributed by atoms with Gasteiger partial charge in [0, 0.05) is 6.54 Å². The molecule has 0 fully saturated rings. The fourth-order valence-corrected chi connectivity index (χ4v) is 2.96. The number of amides is 1. The van der Waals surface area contributed by atoms with Crippen LogP contribution in [-0.4, -0.2) is 41.6 Å². The highest BCUT2D eigenvalue weighted by Gasteiger charge is 2.29. The SMILES string of the molecule is CSCC[C@@H](NC(=O)C1NCCc2ccccc21)C(=O)O. The molecule has 1 aromatic rings. The molecule has 21 heavy (non-hydrogen) atoms. The maximum atomic E-state index is 12.4. The average molecular weight is 308 g/mol. The molecule has 1 amide bonds. The number of nitrogens with one attached hydrogen (secondary N) is 2. The Kier molecular flexibility index (Phi) is 5.64. The van der Waals surface area contributed by atoms with Crippen LogP contribution >= 0.6 is 11.8 Å². The Morgan fingerprint density at radius 1 is 1.48 bits per heavy atom. The normalized spacial score (nSPS) is 18.6. The second-order valence-electron chi connectivity index (χ2n) is 5.02. The molecule has 0 aromatic heterocycles. The van der Waals surface area contributed by atoms with Crippen LogP contribution in [0.1, 0.15) is 23.6 Å². The van der Waals surface area contributed by atoms with Gasteiger partial charge < -0.3 is 15.7 Å². The van der Waals surface area contributed by atoms with Crippen LogP contribution in [0.4, 0.5) is 0 Å². The largest absolute Gasteiger partial charge is 0.480 e. The van der Waals surface area contributed by atoms with Crippen LogP contribution in [0.15, 0.2) is 24.3 Å². The van der Waals surface area contributed by atoms with Crippen LogP contribution in [0.25, 0.3) is 0 Å². The van der Waals surface area contributed by atoms with Gasteiger partial charge in [-0.15, -0.1) is 0 Å². The lowest BCUT2D eigenvalue weighted by Crippen LogP contribution is -2.48. The Labute approximate surface area is 128 Å². The number of thioether (sulfide) groups is 1. The third-order valence-corrected chi connectivity index (χ3v) is 4.24. The van der Waals surface area contributed by atoms with Crippen molar-refractivity contribution in [3.05, 3.63) is 35.4 Å². The van der Waals surface area contributed by atoms with Crippen molar-refractivity contribution in [3.8, 4) is 0 Å². The summed E-state index contributed by atoms with van der Waals surface area (Å²) < 4.78 is 0. The summed E-state index contributed by atoms with van der Waals surface area (Å²) in [5.74, 6) is -0.552. The lowest BCUT2D eigenvalue weighted by molar-refractivity contribution is -0.142. The monoisotopic (exact) mass is 308 g/mol. The van der Waals surface area contributed by atoms with Gasteiger partial charge in [0.1, 0.15) is 12.1 Å². The minimum Gasteiger partial charge on any atom is -0.480 e. The average Bonchev–Trinajstić information content (AvgIpc) is 2.50. The van der Waals surface area contributed by atoms with Gasteiger partial charge in [-0.05, 0) is 36.0 Å². The molecule has 0 spiro atoms. The van der Waals surface area contributed by atoms with Crippen molar-refractivity contribution in [1.82, 2.24) is 10.6 Å². The Morgan fingerprint density at radius 3 is 2.95 bits per heavy atom. The molecule has 0 bridgehead atoms. The summed E-state index contributed by atoms with van der Waals surface area (Å²) in [4.78, 5) is 23.6. The highest BCUT2D eigenvalue weighted by molar-refractivity contribution is 7.98. The van der Waals surface area contributed by atoms with Crippen LogP contribution in [0.3, 0.4) is 0 Å². The van der Waals surface area contributed by atoms with Gasteiger partial charge in [-0.2, -0.15) is 11.8 Å². The van der Waals surface area contributed by atoms with E-state index in [1.54, 1.807) is 11.8 Å². The van der Waals surface area contributed by atoms with Gasteiger partial charge in [-0.3, -0.25) is 4.79 Å². The molecule has 5 nitrogen and oxygen atoms in total. The molecule has 2 atom stereocenters. The van der Waals surface area contributed by atoms with E-state index >= 15 is 0 Å². The number of carboxylic acid groups (broad SMARTS) is 1. The van der Waals surface area contributed by atoms with Gasteiger partial charge in [0.15, 0.2) is 0 Å². The van der Waals surface area contributed by atoms with Gasteiger partial charge in [-0.25, -0.2) is 4.79 Å². The maximum Gasteiger partial charge on any atom is 0.326 e. The molecule has 0 radical (unpaired) electrons. The Morgan fingerprint density at radius 2 is 2.24 bits per heavy atom. The molecule has 3 N–H and O–H groups in total. The third kappa shape index (κ3) is 3.98. The zero-order valence-electron chi connectivity index (χ0n) is 12.0. The van der Waals surface area contributed by atoms with Crippen molar-refractivity contribution in [2.75, 3.05) is 18.6 Å². The highest BCUT2D eigenvalue weighted by Crippen LogP contribution is 2.22. The van der Waals surface area contributed by atoms with E-state index in [2.05, 4.69) is 10.6 Å². The summed E-state index contributed by atoms with van der Waals surface area (Å²) in [6.07, 6.45) is 3.23. The summed E-state index contributed by atoms with van der Waals surface area (Å²) in [6, 6.07) is 6.49. The highest BCUT2D eigenvalue weighted by atomic mass is 32.2. The minimum absolute atomic E-state index is 0.268.